The number of rotatable bonds is 24. The van der Waals surface area contributed by atoms with Crippen LogP contribution in [-0.2, 0) is 6.54 Å². The van der Waals surface area contributed by atoms with Crippen molar-refractivity contribution in [2.75, 3.05) is 26.7 Å². The van der Waals surface area contributed by atoms with Crippen LogP contribution in [0.1, 0.15) is 147 Å². The van der Waals surface area contributed by atoms with E-state index >= 15 is 0 Å². The molecule has 3 N–H and O–H groups in total. The first-order chi connectivity index (χ1) is 21.2. The highest BCUT2D eigenvalue weighted by Crippen LogP contribution is 2.10. The maximum atomic E-state index is 8.26. The number of aromatic nitrogens is 1. The molecule has 1 heterocycles. The number of nitrogens with one attached hydrogen (secondary N) is 3. The van der Waals surface area contributed by atoms with Crippen molar-refractivity contribution < 1.29 is 0 Å². The third-order valence-corrected chi connectivity index (χ3v) is 7.61. The molecule has 0 unspecified atom stereocenters. The quantitative estimate of drug-likeness (QED) is 0.106. The summed E-state index contributed by atoms with van der Waals surface area (Å²) in [6.45, 7) is 10.7. The largest absolute Gasteiger partial charge is 0.317 e. The number of pyridine rings is 1. The van der Waals surface area contributed by atoms with E-state index in [2.05, 4.69) is 72.0 Å². The van der Waals surface area contributed by atoms with E-state index in [1.165, 1.54) is 121 Å². The van der Waals surface area contributed by atoms with Gasteiger partial charge in [0.25, 0.3) is 0 Å². The maximum absolute atomic E-state index is 8.26. The molecule has 2 rings (SSSR count). The Balaban J connectivity index is 0.000000672. The smallest absolute Gasteiger partial charge is 0.0635 e. The van der Waals surface area contributed by atoms with E-state index in [1.54, 1.807) is 6.20 Å². The molecule has 0 saturated carbocycles. The van der Waals surface area contributed by atoms with E-state index in [0.29, 0.717) is 12.5 Å². The Morgan fingerprint density at radius 1 is 0.674 bits per heavy atom. The Hall–Kier alpha value is -2.26. The van der Waals surface area contributed by atoms with Crippen LogP contribution in [0.4, 0.5) is 0 Å². The van der Waals surface area contributed by atoms with E-state index in [4.69, 9.17) is 5.26 Å². The Labute approximate surface area is 267 Å². The summed E-state index contributed by atoms with van der Waals surface area (Å²) < 4.78 is 0. The summed E-state index contributed by atoms with van der Waals surface area (Å²) in [5.74, 6) is 0. The normalized spacial score (nSPS) is 11.0. The average Bonchev–Trinajstić information content (AvgIpc) is 3.06. The second kappa shape index (κ2) is 34.2. The molecule has 244 valence electrons. The van der Waals surface area contributed by atoms with Crippen LogP contribution in [0.2, 0.25) is 0 Å². The molecule has 0 aliphatic carbocycles. The average molecular weight is 594 g/mol. The van der Waals surface area contributed by atoms with Crippen molar-refractivity contribution in [3.05, 3.63) is 66.0 Å². The lowest BCUT2D eigenvalue weighted by molar-refractivity contribution is 0.532. The highest BCUT2D eigenvalue weighted by Gasteiger charge is 1.98. The van der Waals surface area contributed by atoms with E-state index in [9.17, 15) is 0 Å². The molecular weight excluding hydrogens is 526 g/mol. The molecule has 0 spiro atoms. The fourth-order valence-electron chi connectivity index (χ4n) is 4.68. The molecule has 0 amide bonds. The molecule has 0 aliphatic heterocycles. The van der Waals surface area contributed by atoms with Crippen LogP contribution < -0.4 is 16.0 Å². The molecule has 1 aromatic heterocycles. The van der Waals surface area contributed by atoms with Crippen LogP contribution in [0.15, 0.2) is 54.9 Å². The van der Waals surface area contributed by atoms with Gasteiger partial charge in [0, 0.05) is 37.9 Å². The first kappa shape index (κ1) is 40.7. The van der Waals surface area contributed by atoms with E-state index < -0.39 is 0 Å². The lowest BCUT2D eigenvalue weighted by atomic mass is 10.1. The molecular formula is C38H67N5. The minimum Gasteiger partial charge on any atom is -0.317 e. The van der Waals surface area contributed by atoms with Crippen molar-refractivity contribution in [1.29, 1.82) is 5.26 Å². The highest BCUT2D eigenvalue weighted by molar-refractivity contribution is 5.17. The van der Waals surface area contributed by atoms with E-state index in [-0.39, 0.29) is 0 Å². The van der Waals surface area contributed by atoms with Crippen LogP contribution in [-0.4, -0.2) is 31.7 Å². The van der Waals surface area contributed by atoms with Gasteiger partial charge in [-0.3, -0.25) is 4.98 Å². The monoisotopic (exact) mass is 594 g/mol. The molecule has 1 aromatic carbocycles. The molecule has 1 atom stereocenters. The van der Waals surface area contributed by atoms with Crippen molar-refractivity contribution in [1.82, 2.24) is 20.9 Å². The van der Waals surface area contributed by atoms with Gasteiger partial charge in [0.1, 0.15) is 0 Å². The fraction of sp³-hybridized carbons (Fsp3) is 0.684. The second-order valence-corrected chi connectivity index (χ2v) is 11.6. The summed E-state index contributed by atoms with van der Waals surface area (Å²) in [7, 11) is 1.97. The number of hydrogen-bond acceptors (Lipinski definition) is 5. The molecule has 0 bridgehead atoms. The molecule has 5 nitrogen and oxygen atoms in total. The third kappa shape index (κ3) is 29.6. The van der Waals surface area contributed by atoms with Gasteiger partial charge in [-0.2, -0.15) is 5.26 Å². The van der Waals surface area contributed by atoms with Gasteiger partial charge in [0.2, 0.25) is 0 Å². The summed E-state index contributed by atoms with van der Waals surface area (Å²) in [5, 5.41) is 18.2. The zero-order valence-corrected chi connectivity index (χ0v) is 28.5. The standard InChI is InChI=1S/C20H43N.C9H11N3.C9H13N/c1-3-5-7-9-11-13-15-17-19-21-20-18-16-14-12-10-8-6-4-2;10-4-2-6-12-8-9-3-1-5-11-7-9;1-8(10-2)9-6-4-3-5-7-9/h21H,3-20H2,1-2H3;1,3,5,7,12H,2,6,8H2;3-8,10H,1-2H3/t;;8-/m..1/s1. The van der Waals surface area contributed by atoms with Gasteiger partial charge in [-0.15, -0.1) is 0 Å². The summed E-state index contributed by atoms with van der Waals surface area (Å²) in [6, 6.07) is 16.8. The van der Waals surface area contributed by atoms with Gasteiger partial charge < -0.3 is 16.0 Å². The van der Waals surface area contributed by atoms with Crippen LogP contribution in [0.3, 0.4) is 0 Å². The Morgan fingerprint density at radius 2 is 1.21 bits per heavy atom. The van der Waals surface area contributed by atoms with Crippen molar-refractivity contribution in [2.45, 2.75) is 143 Å². The van der Waals surface area contributed by atoms with E-state index in [1.807, 2.05) is 31.4 Å². The van der Waals surface area contributed by atoms with Crippen molar-refractivity contribution in [3.8, 4) is 6.07 Å². The van der Waals surface area contributed by atoms with Gasteiger partial charge in [-0.05, 0) is 57.1 Å². The van der Waals surface area contributed by atoms with Gasteiger partial charge in [-0.1, -0.05) is 140 Å². The second-order valence-electron chi connectivity index (χ2n) is 11.6. The third-order valence-electron chi connectivity index (χ3n) is 7.61. The predicted molar refractivity (Wildman–Crippen MR) is 188 cm³/mol. The van der Waals surface area contributed by atoms with Crippen molar-refractivity contribution in [2.24, 2.45) is 0 Å². The fourth-order valence-corrected chi connectivity index (χ4v) is 4.68. The van der Waals surface area contributed by atoms with Crippen LogP contribution in [0.5, 0.6) is 0 Å². The van der Waals surface area contributed by atoms with Crippen LogP contribution in [0.25, 0.3) is 0 Å². The van der Waals surface area contributed by atoms with Crippen LogP contribution >= 0.6 is 0 Å². The molecule has 0 aliphatic rings. The van der Waals surface area contributed by atoms with Gasteiger partial charge in [0.05, 0.1) is 6.07 Å². The first-order valence-electron chi connectivity index (χ1n) is 17.6. The minimum absolute atomic E-state index is 0.459. The molecule has 0 radical (unpaired) electrons. The van der Waals surface area contributed by atoms with Crippen molar-refractivity contribution >= 4 is 0 Å². The SMILES string of the molecule is CCCCCCCCCCNCCCCCCCCCC.CN[C@H](C)c1ccccc1.N#CCCNCc1cccnc1. The Kier molecular flexibility index (Phi) is 32.4. The number of hydrogen-bond donors (Lipinski definition) is 3. The lowest BCUT2D eigenvalue weighted by Gasteiger charge is -2.08. The topological polar surface area (TPSA) is 72.8 Å². The van der Waals surface area contributed by atoms with Crippen LogP contribution in [0, 0.1) is 11.3 Å². The first-order valence-corrected chi connectivity index (χ1v) is 17.6. The summed E-state index contributed by atoms with van der Waals surface area (Å²) in [5.41, 5.74) is 2.49. The molecule has 0 fully saturated rings. The maximum Gasteiger partial charge on any atom is 0.0635 e. The van der Waals surface area contributed by atoms with E-state index in [0.717, 1.165) is 18.7 Å². The molecule has 2 aromatic rings. The number of benzene rings is 1. The lowest BCUT2D eigenvalue weighted by Crippen LogP contribution is -2.16. The zero-order valence-electron chi connectivity index (χ0n) is 28.5. The Morgan fingerprint density at radius 3 is 1.67 bits per heavy atom. The Bertz CT molecular complexity index is 803. The minimum atomic E-state index is 0.459. The molecule has 5 heteroatoms. The number of unbranched alkanes of at least 4 members (excludes halogenated alkanes) is 14. The number of nitriles is 1. The summed E-state index contributed by atoms with van der Waals surface area (Å²) in [6.07, 6.45) is 27.0. The van der Waals surface area contributed by atoms with Gasteiger partial charge in [-0.25, -0.2) is 0 Å². The number of nitrogens with zero attached hydrogens (tertiary/aromatic N) is 2. The zero-order chi connectivity index (χ0) is 31.5. The van der Waals surface area contributed by atoms with Gasteiger partial charge in [0.15, 0.2) is 0 Å². The molecule has 43 heavy (non-hydrogen) atoms. The van der Waals surface area contributed by atoms with Gasteiger partial charge >= 0.3 is 0 Å². The highest BCUT2D eigenvalue weighted by atomic mass is 14.9. The summed E-state index contributed by atoms with van der Waals surface area (Å²) >= 11 is 0. The predicted octanol–water partition coefficient (Wildman–Crippen LogP) is 9.91. The summed E-state index contributed by atoms with van der Waals surface area (Å²) in [4.78, 5) is 3.98. The van der Waals surface area contributed by atoms with Crippen molar-refractivity contribution in [3.63, 3.8) is 0 Å². The molecule has 0 saturated heterocycles.